The molecule has 1 heterocycles. The van der Waals surface area contributed by atoms with E-state index in [1.165, 1.54) is 36.0 Å². The fraction of sp³-hybridized carbons (Fsp3) is 0.125. The molecule has 0 aliphatic heterocycles. The normalized spacial score (nSPS) is 11.0. The van der Waals surface area contributed by atoms with Crippen molar-refractivity contribution in [2.24, 2.45) is 0 Å². The molecule has 8 heteroatoms. The van der Waals surface area contributed by atoms with Crippen LogP contribution < -0.4 is 9.47 Å². The van der Waals surface area contributed by atoms with Gasteiger partial charge >= 0.3 is 6.61 Å². The van der Waals surface area contributed by atoms with Gasteiger partial charge in [-0.05, 0) is 66.2 Å². The number of imidazole rings is 1. The van der Waals surface area contributed by atoms with E-state index < -0.39 is 6.61 Å². The molecule has 4 nitrogen and oxygen atoms in total. The zero-order valence-electron chi connectivity index (χ0n) is 17.0. The van der Waals surface area contributed by atoms with Gasteiger partial charge in [0.05, 0.1) is 19.0 Å². The number of methoxy groups -OCH3 is 1. The van der Waals surface area contributed by atoms with E-state index in [2.05, 4.69) is 9.72 Å². The summed E-state index contributed by atoms with van der Waals surface area (Å²) in [4.78, 5) is 4.58. The van der Waals surface area contributed by atoms with Gasteiger partial charge in [0.15, 0.2) is 5.16 Å². The van der Waals surface area contributed by atoms with Crippen LogP contribution in [0.25, 0.3) is 16.9 Å². The van der Waals surface area contributed by atoms with Crippen molar-refractivity contribution in [3.05, 3.63) is 90.4 Å². The van der Waals surface area contributed by atoms with Gasteiger partial charge in [-0.1, -0.05) is 23.9 Å². The lowest BCUT2D eigenvalue weighted by molar-refractivity contribution is -0.0498. The number of aromatic nitrogens is 2. The molecule has 0 amide bonds. The van der Waals surface area contributed by atoms with Gasteiger partial charge in [-0.2, -0.15) is 8.78 Å². The SMILES string of the molecule is COc1ccc(-c2cnc(SCc3ccc(F)cc3)n2-c2ccc(OC(F)F)cc2)cc1. The number of hydrogen-bond acceptors (Lipinski definition) is 4. The van der Waals surface area contributed by atoms with E-state index in [4.69, 9.17) is 4.74 Å². The topological polar surface area (TPSA) is 36.3 Å². The number of ether oxygens (including phenoxy) is 2. The van der Waals surface area contributed by atoms with Crippen molar-refractivity contribution in [2.45, 2.75) is 17.5 Å². The molecule has 0 bridgehead atoms. The average Bonchev–Trinajstić information content (AvgIpc) is 3.23. The summed E-state index contributed by atoms with van der Waals surface area (Å²) in [7, 11) is 1.60. The van der Waals surface area contributed by atoms with Gasteiger partial charge in [-0.15, -0.1) is 0 Å². The molecule has 0 aliphatic carbocycles. The highest BCUT2D eigenvalue weighted by Crippen LogP contribution is 2.33. The first-order valence-electron chi connectivity index (χ1n) is 9.68. The molecule has 4 rings (SSSR count). The fourth-order valence-corrected chi connectivity index (χ4v) is 4.11. The van der Waals surface area contributed by atoms with Gasteiger partial charge in [-0.3, -0.25) is 4.57 Å². The number of alkyl halides is 2. The maximum atomic E-state index is 13.2. The van der Waals surface area contributed by atoms with Crippen LogP contribution >= 0.6 is 11.8 Å². The van der Waals surface area contributed by atoms with Crippen LogP contribution in [0, 0.1) is 5.82 Å². The molecule has 32 heavy (non-hydrogen) atoms. The van der Waals surface area contributed by atoms with E-state index in [0.717, 1.165) is 28.3 Å². The molecule has 0 radical (unpaired) electrons. The summed E-state index contributed by atoms with van der Waals surface area (Å²) in [5.74, 6) is 1.12. The predicted molar refractivity (Wildman–Crippen MR) is 118 cm³/mol. The van der Waals surface area contributed by atoms with Crippen molar-refractivity contribution in [2.75, 3.05) is 7.11 Å². The first-order valence-corrected chi connectivity index (χ1v) is 10.7. The summed E-state index contributed by atoms with van der Waals surface area (Å²) in [6.45, 7) is -2.88. The van der Waals surface area contributed by atoms with Crippen molar-refractivity contribution in [3.63, 3.8) is 0 Å². The number of nitrogens with zero attached hydrogens (tertiary/aromatic N) is 2. The van der Waals surface area contributed by atoms with E-state index in [1.807, 2.05) is 28.8 Å². The minimum Gasteiger partial charge on any atom is -0.497 e. The Bertz CT molecular complexity index is 1160. The van der Waals surface area contributed by atoms with Crippen molar-refractivity contribution in [3.8, 4) is 28.4 Å². The average molecular weight is 456 g/mol. The number of benzene rings is 3. The quantitative estimate of drug-likeness (QED) is 0.281. The molecule has 1 aromatic heterocycles. The molecule has 0 unspecified atom stereocenters. The van der Waals surface area contributed by atoms with Gasteiger partial charge < -0.3 is 9.47 Å². The summed E-state index contributed by atoms with van der Waals surface area (Å²) >= 11 is 1.49. The summed E-state index contributed by atoms with van der Waals surface area (Å²) in [6.07, 6.45) is 1.76. The zero-order valence-corrected chi connectivity index (χ0v) is 17.9. The number of rotatable bonds is 8. The van der Waals surface area contributed by atoms with Crippen LogP contribution in [0.4, 0.5) is 13.2 Å². The van der Waals surface area contributed by atoms with E-state index in [9.17, 15) is 13.2 Å². The van der Waals surface area contributed by atoms with Crippen LogP contribution in [-0.4, -0.2) is 23.3 Å². The molecular formula is C24H19F3N2O2S. The number of thioether (sulfide) groups is 1. The third-order valence-corrected chi connectivity index (χ3v) is 5.74. The highest BCUT2D eigenvalue weighted by molar-refractivity contribution is 7.98. The fourth-order valence-electron chi connectivity index (χ4n) is 3.16. The molecule has 0 saturated carbocycles. The summed E-state index contributed by atoms with van der Waals surface area (Å²) in [5.41, 5.74) is 3.45. The maximum absolute atomic E-state index is 13.2. The first kappa shape index (κ1) is 21.8. The summed E-state index contributed by atoms with van der Waals surface area (Å²) in [5, 5.41) is 0.711. The summed E-state index contributed by atoms with van der Waals surface area (Å²) in [6, 6.07) is 20.3. The van der Waals surface area contributed by atoms with Crippen molar-refractivity contribution in [1.29, 1.82) is 0 Å². The molecule has 0 fully saturated rings. The molecular weight excluding hydrogens is 437 g/mol. The Morgan fingerprint density at radius 1 is 0.906 bits per heavy atom. The van der Waals surface area contributed by atoms with Gasteiger partial charge in [0.25, 0.3) is 0 Å². The maximum Gasteiger partial charge on any atom is 0.387 e. The van der Waals surface area contributed by atoms with Crippen LogP contribution in [-0.2, 0) is 5.75 Å². The van der Waals surface area contributed by atoms with E-state index >= 15 is 0 Å². The Hall–Kier alpha value is -3.39. The molecule has 0 aliphatic rings. The van der Waals surface area contributed by atoms with E-state index in [-0.39, 0.29) is 11.6 Å². The Morgan fingerprint density at radius 3 is 2.19 bits per heavy atom. The van der Waals surface area contributed by atoms with Crippen molar-refractivity contribution >= 4 is 11.8 Å². The molecule has 0 saturated heterocycles. The minimum atomic E-state index is -2.88. The highest BCUT2D eigenvalue weighted by atomic mass is 32.2. The van der Waals surface area contributed by atoms with Crippen molar-refractivity contribution in [1.82, 2.24) is 9.55 Å². The number of halogens is 3. The van der Waals surface area contributed by atoms with Crippen LogP contribution in [0.3, 0.4) is 0 Å². The monoisotopic (exact) mass is 456 g/mol. The van der Waals surface area contributed by atoms with Crippen LogP contribution in [0.1, 0.15) is 5.56 Å². The van der Waals surface area contributed by atoms with Gasteiger partial charge in [-0.25, -0.2) is 9.37 Å². The van der Waals surface area contributed by atoms with Crippen LogP contribution in [0.2, 0.25) is 0 Å². The molecule has 0 atom stereocenters. The van der Waals surface area contributed by atoms with Crippen LogP contribution in [0.5, 0.6) is 11.5 Å². The second-order valence-electron chi connectivity index (χ2n) is 6.78. The predicted octanol–water partition coefficient (Wildman–Crippen LogP) is 6.58. The zero-order chi connectivity index (χ0) is 22.5. The second-order valence-corrected chi connectivity index (χ2v) is 7.72. The first-order chi connectivity index (χ1) is 15.5. The standard InChI is InChI=1S/C24H19F3N2O2S/c1-30-20-10-4-17(5-11-20)22-14-28-24(32-15-16-2-6-18(25)7-3-16)29(22)19-8-12-21(13-9-19)31-23(26)27/h2-14,23H,15H2,1H3. The minimum absolute atomic E-state index is 0.0791. The largest absolute Gasteiger partial charge is 0.497 e. The third kappa shape index (κ3) is 5.08. The second kappa shape index (κ2) is 9.82. The van der Waals surface area contributed by atoms with E-state index in [1.54, 1.807) is 37.6 Å². The molecule has 3 aromatic carbocycles. The summed E-state index contributed by atoms with van der Waals surface area (Å²) < 4.78 is 49.9. The Morgan fingerprint density at radius 2 is 1.56 bits per heavy atom. The van der Waals surface area contributed by atoms with Gasteiger partial charge in [0.1, 0.15) is 17.3 Å². The highest BCUT2D eigenvalue weighted by Gasteiger charge is 2.15. The molecule has 0 N–H and O–H groups in total. The molecule has 0 spiro atoms. The number of hydrogen-bond donors (Lipinski definition) is 0. The lowest BCUT2D eigenvalue weighted by Crippen LogP contribution is -2.03. The Kier molecular flexibility index (Phi) is 6.70. The lowest BCUT2D eigenvalue weighted by Gasteiger charge is -2.13. The van der Waals surface area contributed by atoms with Gasteiger partial charge in [0.2, 0.25) is 0 Å². The Labute approximate surface area is 187 Å². The lowest BCUT2D eigenvalue weighted by atomic mass is 10.1. The van der Waals surface area contributed by atoms with E-state index in [0.29, 0.717) is 10.9 Å². The smallest absolute Gasteiger partial charge is 0.387 e. The molecule has 4 aromatic rings. The third-order valence-electron chi connectivity index (χ3n) is 4.72. The van der Waals surface area contributed by atoms with Crippen molar-refractivity contribution < 1.29 is 22.6 Å². The Balaban J connectivity index is 1.69. The van der Waals surface area contributed by atoms with Crippen LogP contribution in [0.15, 0.2) is 84.1 Å². The molecule has 164 valence electrons. The van der Waals surface area contributed by atoms with Gasteiger partial charge in [0, 0.05) is 17.0 Å².